The van der Waals surface area contributed by atoms with Gasteiger partial charge in [-0.2, -0.15) is 16.7 Å². The van der Waals surface area contributed by atoms with Crippen molar-refractivity contribution in [3.05, 3.63) is 24.0 Å². The molecule has 2 aromatic rings. The number of hydrogen-bond donors (Lipinski definition) is 1. The molecule has 3 rings (SSSR count). The molecule has 112 valence electrons. The van der Waals surface area contributed by atoms with Gasteiger partial charge in [-0.15, -0.1) is 0 Å². The number of nitrogen functional groups attached to an aromatic ring is 1. The van der Waals surface area contributed by atoms with E-state index in [0.717, 1.165) is 22.4 Å². The van der Waals surface area contributed by atoms with E-state index in [1.165, 1.54) is 25.7 Å². The lowest BCUT2D eigenvalue weighted by Gasteiger charge is -2.05. The molecule has 0 unspecified atom stereocenters. The second-order valence-corrected chi connectivity index (χ2v) is 6.48. The third-order valence-corrected chi connectivity index (χ3v) is 5.08. The second-order valence-electron chi connectivity index (χ2n) is 5.19. The molecule has 1 fully saturated rings. The van der Waals surface area contributed by atoms with Crippen LogP contribution in [0.5, 0.6) is 5.75 Å². The Balaban J connectivity index is 1.69. The summed E-state index contributed by atoms with van der Waals surface area (Å²) >= 11 is 1.92. The topological polar surface area (TPSA) is 74.2 Å². The maximum absolute atomic E-state index is 6.00. The number of benzene rings is 1. The first-order valence-corrected chi connectivity index (χ1v) is 8.19. The maximum Gasteiger partial charge on any atom is 0.260 e. The van der Waals surface area contributed by atoms with Crippen molar-refractivity contribution >= 4 is 17.4 Å². The number of thioether (sulfide) groups is 1. The highest BCUT2D eigenvalue weighted by Crippen LogP contribution is 2.32. The Morgan fingerprint density at radius 1 is 1.38 bits per heavy atom. The van der Waals surface area contributed by atoms with Crippen molar-refractivity contribution in [2.45, 2.75) is 36.7 Å². The number of nitrogens with zero attached hydrogens (tertiary/aromatic N) is 2. The molecule has 0 atom stereocenters. The standard InChI is InChI=1S/C15H19N3O2S/c1-19-10-6-7-12(13(16)8-10)15-17-14(18-20-15)9-21-11-4-2-3-5-11/h6-8,11H,2-5,9,16H2,1H3. The van der Waals surface area contributed by atoms with Gasteiger partial charge < -0.3 is 15.0 Å². The Kier molecular flexibility index (Phi) is 4.34. The van der Waals surface area contributed by atoms with Crippen LogP contribution >= 0.6 is 11.8 Å². The van der Waals surface area contributed by atoms with E-state index >= 15 is 0 Å². The summed E-state index contributed by atoms with van der Waals surface area (Å²) in [5.41, 5.74) is 7.33. The minimum absolute atomic E-state index is 0.470. The Bertz CT molecular complexity index is 609. The van der Waals surface area contributed by atoms with Crippen LogP contribution in [0.3, 0.4) is 0 Å². The summed E-state index contributed by atoms with van der Waals surface area (Å²) < 4.78 is 10.5. The number of nitrogens with two attached hydrogens (primary N) is 1. The van der Waals surface area contributed by atoms with Gasteiger partial charge in [0.05, 0.1) is 18.4 Å². The average Bonchev–Trinajstić information content (AvgIpc) is 3.16. The fourth-order valence-corrected chi connectivity index (χ4v) is 3.70. The first-order valence-electron chi connectivity index (χ1n) is 7.14. The van der Waals surface area contributed by atoms with Crippen LogP contribution in [-0.4, -0.2) is 22.5 Å². The largest absolute Gasteiger partial charge is 0.497 e. The monoisotopic (exact) mass is 305 g/mol. The van der Waals surface area contributed by atoms with Crippen LogP contribution in [0.2, 0.25) is 0 Å². The lowest BCUT2D eigenvalue weighted by molar-refractivity contribution is 0.414. The van der Waals surface area contributed by atoms with Crippen molar-refractivity contribution in [1.29, 1.82) is 0 Å². The van der Waals surface area contributed by atoms with Crippen molar-refractivity contribution in [3.63, 3.8) is 0 Å². The van der Waals surface area contributed by atoms with Gasteiger partial charge in [-0.3, -0.25) is 0 Å². The van der Waals surface area contributed by atoms with Gasteiger partial charge in [0.25, 0.3) is 5.89 Å². The summed E-state index contributed by atoms with van der Waals surface area (Å²) in [6.07, 6.45) is 5.30. The molecule has 1 saturated carbocycles. The first-order chi connectivity index (χ1) is 10.3. The molecule has 1 heterocycles. The van der Waals surface area contributed by atoms with E-state index in [0.29, 0.717) is 17.3 Å². The van der Waals surface area contributed by atoms with Crippen LogP contribution in [0, 0.1) is 0 Å². The number of ether oxygens (including phenoxy) is 1. The maximum atomic E-state index is 6.00. The van der Waals surface area contributed by atoms with Crippen molar-refractivity contribution in [3.8, 4) is 17.2 Å². The van der Waals surface area contributed by atoms with Crippen LogP contribution in [0.15, 0.2) is 22.7 Å². The average molecular weight is 305 g/mol. The van der Waals surface area contributed by atoms with Gasteiger partial charge in [0, 0.05) is 17.0 Å². The summed E-state index contributed by atoms with van der Waals surface area (Å²) in [7, 11) is 1.61. The van der Waals surface area contributed by atoms with Gasteiger partial charge in [0.2, 0.25) is 0 Å². The van der Waals surface area contributed by atoms with Gasteiger partial charge in [-0.1, -0.05) is 18.0 Å². The Labute approximate surface area is 128 Å². The first kappa shape index (κ1) is 14.3. The summed E-state index contributed by atoms with van der Waals surface area (Å²) in [5, 5.41) is 4.79. The van der Waals surface area contributed by atoms with Crippen molar-refractivity contribution in [2.24, 2.45) is 0 Å². The number of aromatic nitrogens is 2. The number of methoxy groups -OCH3 is 1. The van der Waals surface area contributed by atoms with Crippen molar-refractivity contribution < 1.29 is 9.26 Å². The van der Waals surface area contributed by atoms with Crippen LogP contribution in [0.1, 0.15) is 31.5 Å². The molecule has 6 heteroatoms. The van der Waals surface area contributed by atoms with Crippen molar-refractivity contribution in [2.75, 3.05) is 12.8 Å². The molecule has 0 aliphatic heterocycles. The van der Waals surface area contributed by atoms with Crippen LogP contribution < -0.4 is 10.5 Å². The van der Waals surface area contributed by atoms with E-state index in [4.69, 9.17) is 15.0 Å². The molecule has 0 radical (unpaired) electrons. The molecule has 0 saturated heterocycles. The van der Waals surface area contributed by atoms with Gasteiger partial charge >= 0.3 is 0 Å². The van der Waals surface area contributed by atoms with E-state index in [1.54, 1.807) is 13.2 Å². The quantitative estimate of drug-likeness (QED) is 0.852. The molecule has 0 spiro atoms. The zero-order chi connectivity index (χ0) is 14.7. The van der Waals surface area contributed by atoms with Gasteiger partial charge in [-0.25, -0.2) is 0 Å². The van der Waals surface area contributed by atoms with E-state index < -0.39 is 0 Å². The van der Waals surface area contributed by atoms with Crippen molar-refractivity contribution in [1.82, 2.24) is 10.1 Å². The number of rotatable bonds is 5. The van der Waals surface area contributed by atoms with E-state index in [9.17, 15) is 0 Å². The van der Waals surface area contributed by atoms with Gasteiger partial charge in [-0.05, 0) is 25.0 Å². The molecule has 21 heavy (non-hydrogen) atoms. The molecular formula is C15H19N3O2S. The molecule has 1 aliphatic rings. The SMILES string of the molecule is COc1ccc(-c2nc(CSC3CCCC3)no2)c(N)c1. The van der Waals surface area contributed by atoms with Gasteiger partial charge in [0.1, 0.15) is 5.75 Å². The molecule has 0 bridgehead atoms. The Morgan fingerprint density at radius 2 is 2.19 bits per heavy atom. The summed E-state index contributed by atoms with van der Waals surface area (Å²) in [6.45, 7) is 0. The van der Waals surface area contributed by atoms with E-state index in [-0.39, 0.29) is 0 Å². The van der Waals surface area contributed by atoms with Crippen LogP contribution in [0.25, 0.3) is 11.5 Å². The predicted octanol–water partition coefficient (Wildman–Crippen LogP) is 3.50. The van der Waals surface area contributed by atoms with E-state index in [2.05, 4.69) is 10.1 Å². The molecule has 1 aromatic heterocycles. The van der Waals surface area contributed by atoms with Crippen LogP contribution in [0.4, 0.5) is 5.69 Å². The fourth-order valence-electron chi connectivity index (χ4n) is 2.53. The minimum Gasteiger partial charge on any atom is -0.497 e. The van der Waals surface area contributed by atoms with Gasteiger partial charge in [0.15, 0.2) is 5.82 Å². The molecule has 0 amide bonds. The normalized spacial score (nSPS) is 15.5. The smallest absolute Gasteiger partial charge is 0.260 e. The summed E-state index contributed by atoms with van der Waals surface area (Å²) in [4.78, 5) is 4.44. The Hall–Kier alpha value is -1.69. The van der Waals surface area contributed by atoms with E-state index in [1.807, 2.05) is 23.9 Å². The second kappa shape index (κ2) is 6.39. The minimum atomic E-state index is 0.470. The summed E-state index contributed by atoms with van der Waals surface area (Å²) in [6, 6.07) is 5.44. The molecule has 5 nitrogen and oxygen atoms in total. The summed E-state index contributed by atoms with van der Waals surface area (Å²) in [5.74, 6) is 2.71. The third-order valence-electron chi connectivity index (χ3n) is 3.71. The fraction of sp³-hybridized carbons (Fsp3) is 0.467. The zero-order valence-electron chi connectivity index (χ0n) is 12.0. The molecule has 2 N–H and O–H groups in total. The Morgan fingerprint density at radius 3 is 2.90 bits per heavy atom. The molecular weight excluding hydrogens is 286 g/mol. The molecule has 1 aromatic carbocycles. The lowest BCUT2D eigenvalue weighted by Crippen LogP contribution is -1.96. The highest BCUT2D eigenvalue weighted by Gasteiger charge is 2.17. The van der Waals surface area contributed by atoms with Crippen LogP contribution in [-0.2, 0) is 5.75 Å². The lowest BCUT2D eigenvalue weighted by atomic mass is 10.1. The predicted molar refractivity (Wildman–Crippen MR) is 84.2 cm³/mol. The third kappa shape index (κ3) is 3.32. The number of anilines is 1. The highest BCUT2D eigenvalue weighted by molar-refractivity contribution is 7.99. The molecule has 1 aliphatic carbocycles. The highest BCUT2D eigenvalue weighted by atomic mass is 32.2. The zero-order valence-corrected chi connectivity index (χ0v) is 12.9. The number of hydrogen-bond acceptors (Lipinski definition) is 6.